The van der Waals surface area contributed by atoms with Gasteiger partial charge in [-0.05, 0) is 255 Å². The molecule has 109 heavy (non-hydrogen) atoms. The predicted octanol–water partition coefficient (Wildman–Crippen LogP) is 20.7. The molecule has 11 aromatic heterocycles. The van der Waals surface area contributed by atoms with Crippen LogP contribution in [-0.4, -0.2) is 62.7 Å². The van der Waals surface area contributed by atoms with E-state index in [4.69, 9.17) is 4.42 Å². The standard InChI is InChI=1S/C14H22N.2C13H19N2.C12H18N3.C12H17N2O.C10H17N2.C10H20N.C9H17N2/c1-10(2)12-8-9-15(11(3)4)14-7-5-6-13(12)14;1-10(2)12-5-6-13-8-14(11(3)4)9-15(13)7-12;1-10(2)14-8-5-6-12-13(14)7-9-15(12)11(3)4;1-9(2)14-7-5-6-11-12(14)13-8-15(11)10(3)4;1-8(2)11-13-10-6-5-7-14(9(3)4)12(10)15-11;1-8(2)10-5-11-7-12(6-10)9(3)4;1-9(2)11(10(3)4)7-5-6-8-11;1-8(2)10-5-6-11(7-10)9(3)4/h8-11H,5-7H2,1-4H3;2*5-11H,1-4H3;5-10H,1-4H3;5-9H,1-4H3;5-9H,1-4H3;5-6,9-10H,7-8H2,1-4H3;5-9H,1-4H3/q8*+1. The molecule has 0 bridgehead atoms. The van der Waals surface area contributed by atoms with Crippen LogP contribution in [0, 0.1) is 0 Å². The van der Waals surface area contributed by atoms with Gasteiger partial charge in [0.1, 0.15) is 35.8 Å². The van der Waals surface area contributed by atoms with Gasteiger partial charge in [0.05, 0.1) is 74.0 Å². The average Bonchev–Trinajstić information content (AvgIpc) is 1.72. The molecule has 16 heteroatoms. The Morgan fingerprint density at radius 2 is 1.03 bits per heavy atom. The maximum atomic E-state index is 5.77. The number of pyridine rings is 5. The van der Waals surface area contributed by atoms with Gasteiger partial charge in [-0.3, -0.25) is 0 Å². The van der Waals surface area contributed by atoms with Crippen molar-refractivity contribution in [2.75, 3.05) is 13.1 Å². The van der Waals surface area contributed by atoms with Gasteiger partial charge in [-0.25, -0.2) is 36.8 Å². The lowest BCUT2D eigenvalue weighted by molar-refractivity contribution is -0.952. The Labute approximate surface area is 659 Å². The normalized spacial score (nSPS) is 13.2. The Kier molecular flexibility index (Phi) is 33.9. The highest BCUT2D eigenvalue weighted by Gasteiger charge is 2.35. The minimum Gasteiger partial charge on any atom is -0.388 e. The van der Waals surface area contributed by atoms with E-state index in [1.807, 2.05) is 37.2 Å². The number of hydrogen-bond donors (Lipinski definition) is 0. The number of rotatable bonds is 16. The molecule has 0 atom stereocenters. The summed E-state index contributed by atoms with van der Waals surface area (Å²) in [5, 5.41) is 0. The molecule has 11 aromatic rings. The highest BCUT2D eigenvalue weighted by atomic mass is 16.4. The predicted molar refractivity (Wildman–Crippen MR) is 451 cm³/mol. The average molecular weight is 1490 g/mol. The molecule has 594 valence electrons. The summed E-state index contributed by atoms with van der Waals surface area (Å²) in [5.74, 6) is 2.95. The van der Waals surface area contributed by atoms with Crippen LogP contribution in [0.5, 0.6) is 0 Å². The van der Waals surface area contributed by atoms with E-state index in [-0.39, 0.29) is 0 Å². The van der Waals surface area contributed by atoms with E-state index < -0.39 is 0 Å². The molecule has 1 aliphatic heterocycles. The molecule has 0 fully saturated rings. The third kappa shape index (κ3) is 23.9. The molecule has 0 radical (unpaired) electrons. The number of fused-ring (bicyclic) bond motifs is 5. The molecule has 2 aliphatic rings. The van der Waals surface area contributed by atoms with Crippen molar-refractivity contribution in [3.8, 4) is 0 Å². The zero-order chi connectivity index (χ0) is 81.0. The molecular weight excluding hydrogens is 1340 g/mol. The van der Waals surface area contributed by atoms with Gasteiger partial charge in [-0.2, -0.15) is 9.13 Å². The Morgan fingerprint density at radius 1 is 0.459 bits per heavy atom. The molecular formula is C93H149N15O+8. The molecule has 0 saturated heterocycles. The largest absolute Gasteiger partial charge is 0.401 e. The van der Waals surface area contributed by atoms with Gasteiger partial charge in [0.25, 0.3) is 6.33 Å². The monoisotopic (exact) mass is 1490 g/mol. The highest BCUT2D eigenvalue weighted by Crippen LogP contribution is 2.29. The summed E-state index contributed by atoms with van der Waals surface area (Å²) in [4.78, 5) is 13.1. The number of nitrogens with zero attached hydrogens (tertiary/aromatic N) is 15. The summed E-state index contributed by atoms with van der Waals surface area (Å²) < 4.78 is 31.6. The van der Waals surface area contributed by atoms with Gasteiger partial charge in [0.2, 0.25) is 30.4 Å². The second kappa shape index (κ2) is 41.2. The van der Waals surface area contributed by atoms with Crippen molar-refractivity contribution in [2.45, 2.75) is 337 Å². The van der Waals surface area contributed by atoms with Gasteiger partial charge in [0, 0.05) is 66.0 Å². The van der Waals surface area contributed by atoms with Gasteiger partial charge >= 0.3 is 11.4 Å². The molecule has 0 unspecified atom stereocenters. The molecule has 0 amide bonds. The summed E-state index contributed by atoms with van der Waals surface area (Å²) in [6.45, 7) is 73.2. The molecule has 0 saturated carbocycles. The van der Waals surface area contributed by atoms with Crippen LogP contribution in [0.15, 0.2) is 171 Å². The molecule has 12 heterocycles. The van der Waals surface area contributed by atoms with E-state index in [9.17, 15) is 0 Å². The quantitative estimate of drug-likeness (QED) is 0.0547. The Balaban J connectivity index is 0.000000195. The van der Waals surface area contributed by atoms with Crippen LogP contribution in [0.4, 0.5) is 0 Å². The third-order valence-electron chi connectivity index (χ3n) is 21.2. The fraction of sp³-hybridized carbons (Fsp3) is 0.570. The van der Waals surface area contributed by atoms with Crippen LogP contribution in [0.1, 0.15) is 346 Å². The maximum absolute atomic E-state index is 5.77. The van der Waals surface area contributed by atoms with Crippen molar-refractivity contribution in [3.05, 3.63) is 200 Å². The first-order valence-electron chi connectivity index (χ1n) is 41.5. The lowest BCUT2D eigenvalue weighted by Gasteiger charge is -2.42. The van der Waals surface area contributed by atoms with E-state index in [0.717, 1.165) is 34.9 Å². The zero-order valence-electron chi connectivity index (χ0n) is 74.0. The molecule has 16 nitrogen and oxygen atoms in total. The van der Waals surface area contributed by atoms with Crippen LogP contribution in [0.25, 0.3) is 38.9 Å². The first kappa shape index (κ1) is 89.7. The minimum absolute atomic E-state index is 0.331. The van der Waals surface area contributed by atoms with Crippen molar-refractivity contribution in [2.24, 2.45) is 0 Å². The van der Waals surface area contributed by atoms with E-state index in [2.05, 4.69) is 416 Å². The molecule has 13 rings (SSSR count). The Bertz CT molecular complexity index is 4350. The van der Waals surface area contributed by atoms with Crippen molar-refractivity contribution in [1.29, 1.82) is 0 Å². The number of aromatic nitrogens is 14. The SMILES string of the molecule is CC(C)[N+]1(C(C)C)CC=CC1.CC(C)c1cc[n+](C(C)C)c2c1CCC2.CC(C)c1ccc2c[n+](C(C)C)cn2c1.CC(C)c1cnc[n+](C(C)C)c1.CC(C)c1nc2ccc[n+](C(C)C)c2o1.CC(C)n1cc[n+](C(C)C)c1.CC(C)n1ccc2c1ccc[n+]2C(C)C.CC(C)n1cnc2c1ccc[n+]2C(C)C. The van der Waals surface area contributed by atoms with Gasteiger partial charge in [-0.15, -0.1) is 0 Å². The number of oxazole rings is 1. The zero-order valence-corrected chi connectivity index (χ0v) is 74.0. The van der Waals surface area contributed by atoms with Crippen molar-refractivity contribution in [1.82, 2.24) is 33.1 Å². The fourth-order valence-corrected chi connectivity index (χ4v) is 14.0. The van der Waals surface area contributed by atoms with E-state index in [0.29, 0.717) is 84.1 Å². The van der Waals surface area contributed by atoms with E-state index >= 15 is 0 Å². The first-order valence-corrected chi connectivity index (χ1v) is 41.5. The molecule has 0 aromatic carbocycles. The van der Waals surface area contributed by atoms with E-state index in [1.165, 1.54) is 70.0 Å². The number of imidazole rings is 3. The van der Waals surface area contributed by atoms with Crippen LogP contribution >= 0.6 is 0 Å². The lowest BCUT2D eigenvalue weighted by Crippen LogP contribution is -2.55. The Hall–Kier alpha value is -8.24. The summed E-state index contributed by atoms with van der Waals surface area (Å²) in [6.07, 6.45) is 40.1. The molecule has 0 N–H and O–H groups in total. The van der Waals surface area contributed by atoms with Crippen LogP contribution < -0.4 is 32.0 Å². The summed E-state index contributed by atoms with van der Waals surface area (Å²) in [7, 11) is 0. The summed E-state index contributed by atoms with van der Waals surface area (Å²) in [6, 6.07) is 28.0. The van der Waals surface area contributed by atoms with Gasteiger partial charge in [-0.1, -0.05) is 66.4 Å². The molecule has 1 aliphatic carbocycles. The molecule has 0 spiro atoms. The van der Waals surface area contributed by atoms with Crippen LogP contribution in [0.2, 0.25) is 0 Å². The summed E-state index contributed by atoms with van der Waals surface area (Å²) in [5.41, 5.74) is 15.5. The lowest BCUT2D eigenvalue weighted by atomic mass is 9.97. The van der Waals surface area contributed by atoms with Crippen molar-refractivity contribution >= 4 is 38.9 Å². The second-order valence-electron chi connectivity index (χ2n) is 34.7. The fourth-order valence-electron chi connectivity index (χ4n) is 14.0. The van der Waals surface area contributed by atoms with Gasteiger partial charge < -0.3 is 18.0 Å². The highest BCUT2D eigenvalue weighted by molar-refractivity contribution is 5.72. The Morgan fingerprint density at radius 3 is 1.53 bits per heavy atom. The van der Waals surface area contributed by atoms with Gasteiger partial charge in [0.15, 0.2) is 53.4 Å². The van der Waals surface area contributed by atoms with Crippen molar-refractivity contribution < 1.29 is 40.9 Å². The second-order valence-corrected chi connectivity index (χ2v) is 34.7. The van der Waals surface area contributed by atoms with E-state index in [1.54, 1.807) is 16.8 Å². The number of hydrogen-bond acceptors (Lipinski definition) is 4. The summed E-state index contributed by atoms with van der Waals surface area (Å²) >= 11 is 0. The minimum atomic E-state index is 0.331. The van der Waals surface area contributed by atoms with Crippen LogP contribution in [0.3, 0.4) is 0 Å². The third-order valence-corrected chi connectivity index (χ3v) is 21.2. The van der Waals surface area contributed by atoms with Crippen LogP contribution in [-0.2, 0) is 12.8 Å². The topological polar surface area (TPSA) is 98.2 Å². The van der Waals surface area contributed by atoms with Crippen molar-refractivity contribution in [3.63, 3.8) is 0 Å². The smallest absolute Gasteiger partial charge is 0.388 e. The first-order chi connectivity index (χ1) is 51.3. The number of quaternary nitrogens is 1. The maximum Gasteiger partial charge on any atom is 0.401 e.